The number of alkyl halides is 1. The average molecular weight is 341 g/mol. The van der Waals surface area contributed by atoms with E-state index in [2.05, 4.69) is 48.5 Å². The Hall–Kier alpha value is -1.01. The van der Waals surface area contributed by atoms with Crippen molar-refractivity contribution in [3.63, 3.8) is 0 Å². The maximum atomic E-state index is 4.37. The number of rotatable bonds is 4. The molecule has 1 unspecified atom stereocenters. The number of halogens is 1. The summed E-state index contributed by atoms with van der Waals surface area (Å²) in [5.41, 5.74) is 5.23. The standard InChI is InChI=1S/C13H17BrN4S/c1-18(2)11-5-3-10(4-6-11)8-16-17-13-15-9-12(7-14)19-13/h3-6,8,12H,7,9H2,1-2H3,(H,15,17)/b16-8+. The predicted octanol–water partition coefficient (Wildman–Crippen LogP) is 2.54. The number of hydrogen-bond acceptors (Lipinski definition) is 5. The molecule has 1 N–H and O–H groups in total. The fourth-order valence-electron chi connectivity index (χ4n) is 1.58. The van der Waals surface area contributed by atoms with Crippen molar-refractivity contribution in [1.82, 2.24) is 5.43 Å². The highest BCUT2D eigenvalue weighted by Gasteiger charge is 2.17. The quantitative estimate of drug-likeness (QED) is 0.520. The summed E-state index contributed by atoms with van der Waals surface area (Å²) < 4.78 is 0. The maximum absolute atomic E-state index is 4.37. The van der Waals surface area contributed by atoms with E-state index in [1.807, 2.05) is 32.4 Å². The molecule has 1 aromatic carbocycles. The lowest BCUT2D eigenvalue weighted by Crippen LogP contribution is -2.13. The molecule has 0 fully saturated rings. The first-order chi connectivity index (χ1) is 9.19. The second kappa shape index (κ2) is 6.96. The van der Waals surface area contributed by atoms with Crippen LogP contribution in [0.3, 0.4) is 0 Å². The number of benzene rings is 1. The Bertz CT molecular complexity index is 470. The van der Waals surface area contributed by atoms with E-state index in [-0.39, 0.29) is 0 Å². The predicted molar refractivity (Wildman–Crippen MR) is 89.0 cm³/mol. The maximum Gasteiger partial charge on any atom is 0.177 e. The third kappa shape index (κ3) is 4.24. The van der Waals surface area contributed by atoms with Crippen LogP contribution < -0.4 is 10.3 Å². The van der Waals surface area contributed by atoms with Crippen molar-refractivity contribution in [2.75, 3.05) is 30.9 Å². The van der Waals surface area contributed by atoms with Gasteiger partial charge in [-0.2, -0.15) is 5.10 Å². The van der Waals surface area contributed by atoms with Gasteiger partial charge >= 0.3 is 0 Å². The van der Waals surface area contributed by atoms with Gasteiger partial charge in [-0.15, -0.1) is 0 Å². The van der Waals surface area contributed by atoms with Gasteiger partial charge in [0.05, 0.1) is 12.8 Å². The minimum atomic E-state index is 0.525. The third-order valence-corrected chi connectivity index (χ3v) is 4.98. The van der Waals surface area contributed by atoms with Gasteiger partial charge in [0, 0.05) is 30.4 Å². The van der Waals surface area contributed by atoms with Gasteiger partial charge in [0.15, 0.2) is 5.17 Å². The number of aliphatic imine (C=N–C) groups is 1. The summed E-state index contributed by atoms with van der Waals surface area (Å²) in [7, 11) is 4.06. The summed E-state index contributed by atoms with van der Waals surface area (Å²) >= 11 is 5.19. The van der Waals surface area contributed by atoms with E-state index in [0.29, 0.717) is 5.25 Å². The molecule has 19 heavy (non-hydrogen) atoms. The molecule has 0 aliphatic carbocycles. The second-order valence-corrected chi connectivity index (χ2v) is 6.33. The Morgan fingerprint density at radius 2 is 2.21 bits per heavy atom. The molecule has 1 aliphatic rings. The Morgan fingerprint density at radius 1 is 1.47 bits per heavy atom. The van der Waals surface area contributed by atoms with E-state index in [9.17, 15) is 0 Å². The zero-order valence-corrected chi connectivity index (χ0v) is 13.4. The summed E-state index contributed by atoms with van der Waals surface area (Å²) in [5, 5.41) is 6.59. The highest BCUT2D eigenvalue weighted by atomic mass is 79.9. The molecule has 0 bridgehead atoms. The Balaban J connectivity index is 1.86. The zero-order chi connectivity index (χ0) is 13.7. The highest BCUT2D eigenvalue weighted by Crippen LogP contribution is 2.20. The SMILES string of the molecule is CN(C)c1ccc(/C=N/NC2=NCC(CBr)S2)cc1. The van der Waals surface area contributed by atoms with Crippen LogP contribution in [-0.2, 0) is 0 Å². The van der Waals surface area contributed by atoms with Gasteiger partial charge in [0.1, 0.15) is 0 Å². The van der Waals surface area contributed by atoms with Crippen LogP contribution in [0.5, 0.6) is 0 Å². The lowest BCUT2D eigenvalue weighted by molar-refractivity contribution is 0.975. The van der Waals surface area contributed by atoms with Crippen LogP contribution in [-0.4, -0.2) is 42.6 Å². The van der Waals surface area contributed by atoms with Crippen LogP contribution in [0.4, 0.5) is 5.69 Å². The van der Waals surface area contributed by atoms with Gasteiger partial charge in [0.25, 0.3) is 0 Å². The highest BCUT2D eigenvalue weighted by molar-refractivity contribution is 9.09. The van der Waals surface area contributed by atoms with E-state index in [4.69, 9.17) is 0 Å². The molecule has 0 amide bonds. The second-order valence-electron chi connectivity index (χ2n) is 4.40. The number of amidine groups is 1. The molecule has 0 aromatic heterocycles. The molecule has 0 spiro atoms. The summed E-state index contributed by atoms with van der Waals surface area (Å²) in [4.78, 5) is 6.45. The van der Waals surface area contributed by atoms with Crippen molar-refractivity contribution in [3.05, 3.63) is 29.8 Å². The van der Waals surface area contributed by atoms with Gasteiger partial charge in [-0.05, 0) is 17.7 Å². The van der Waals surface area contributed by atoms with Crippen LogP contribution in [0.1, 0.15) is 5.56 Å². The zero-order valence-electron chi connectivity index (χ0n) is 11.0. The minimum Gasteiger partial charge on any atom is -0.378 e. The molecule has 0 saturated carbocycles. The van der Waals surface area contributed by atoms with Gasteiger partial charge < -0.3 is 4.90 Å². The van der Waals surface area contributed by atoms with E-state index in [1.165, 1.54) is 5.69 Å². The van der Waals surface area contributed by atoms with E-state index < -0.39 is 0 Å². The number of anilines is 1. The third-order valence-electron chi connectivity index (χ3n) is 2.67. The van der Waals surface area contributed by atoms with Crippen molar-refractivity contribution >= 4 is 44.8 Å². The minimum absolute atomic E-state index is 0.525. The molecule has 4 nitrogen and oxygen atoms in total. The Morgan fingerprint density at radius 3 is 2.79 bits per heavy atom. The first-order valence-electron chi connectivity index (χ1n) is 6.02. The van der Waals surface area contributed by atoms with Gasteiger partial charge in [-0.1, -0.05) is 39.8 Å². The molecule has 1 atom stereocenters. The van der Waals surface area contributed by atoms with Crippen molar-refractivity contribution < 1.29 is 0 Å². The van der Waals surface area contributed by atoms with Crippen LogP contribution >= 0.6 is 27.7 Å². The monoisotopic (exact) mass is 340 g/mol. The Kier molecular flexibility index (Phi) is 5.27. The lowest BCUT2D eigenvalue weighted by atomic mass is 10.2. The molecule has 6 heteroatoms. The summed E-state index contributed by atoms with van der Waals surface area (Å²) in [6.45, 7) is 0.852. The first-order valence-corrected chi connectivity index (χ1v) is 8.02. The smallest absolute Gasteiger partial charge is 0.177 e. The molecule has 0 radical (unpaired) electrons. The van der Waals surface area contributed by atoms with E-state index >= 15 is 0 Å². The van der Waals surface area contributed by atoms with Crippen LogP contribution in [0.15, 0.2) is 34.4 Å². The normalized spacial score (nSPS) is 18.7. The fourth-order valence-corrected chi connectivity index (χ4v) is 2.96. The van der Waals surface area contributed by atoms with Gasteiger partial charge in [0.2, 0.25) is 0 Å². The van der Waals surface area contributed by atoms with Crippen molar-refractivity contribution in [1.29, 1.82) is 0 Å². The molecule has 0 saturated heterocycles. The number of hydrazone groups is 1. The summed E-state index contributed by atoms with van der Waals surface area (Å²) in [6, 6.07) is 8.24. The summed E-state index contributed by atoms with van der Waals surface area (Å²) in [6.07, 6.45) is 1.81. The van der Waals surface area contributed by atoms with Gasteiger partial charge in [-0.25, -0.2) is 0 Å². The van der Waals surface area contributed by atoms with Gasteiger partial charge in [-0.3, -0.25) is 10.4 Å². The first kappa shape index (κ1) is 14.4. The average Bonchev–Trinajstić information content (AvgIpc) is 2.87. The van der Waals surface area contributed by atoms with Crippen LogP contribution in [0.25, 0.3) is 0 Å². The molecule has 1 aliphatic heterocycles. The molecule has 2 rings (SSSR count). The number of thioether (sulfide) groups is 1. The number of nitrogens with zero attached hydrogens (tertiary/aromatic N) is 3. The lowest BCUT2D eigenvalue weighted by Gasteiger charge is -2.11. The van der Waals surface area contributed by atoms with E-state index in [1.54, 1.807) is 11.8 Å². The molecule has 1 aromatic rings. The fraction of sp³-hybridized carbons (Fsp3) is 0.385. The molecule has 102 valence electrons. The number of nitrogens with one attached hydrogen (secondary N) is 1. The van der Waals surface area contributed by atoms with E-state index in [0.717, 1.165) is 22.6 Å². The number of hydrogen-bond donors (Lipinski definition) is 1. The topological polar surface area (TPSA) is 40.0 Å². The molecule has 1 heterocycles. The van der Waals surface area contributed by atoms with Crippen molar-refractivity contribution in [2.24, 2.45) is 10.1 Å². The van der Waals surface area contributed by atoms with Crippen LogP contribution in [0.2, 0.25) is 0 Å². The summed E-state index contributed by atoms with van der Waals surface area (Å²) in [5.74, 6) is 0. The largest absolute Gasteiger partial charge is 0.378 e. The Labute approximate surface area is 126 Å². The van der Waals surface area contributed by atoms with Crippen molar-refractivity contribution in [2.45, 2.75) is 5.25 Å². The molecular weight excluding hydrogens is 324 g/mol. The molecular formula is C13H17BrN4S. The van der Waals surface area contributed by atoms with Crippen molar-refractivity contribution in [3.8, 4) is 0 Å². The van der Waals surface area contributed by atoms with Crippen LogP contribution in [0, 0.1) is 0 Å².